The van der Waals surface area contributed by atoms with E-state index in [1.165, 1.54) is 5.56 Å². The molecule has 1 amide bonds. The number of nitrogens with one attached hydrogen (secondary N) is 1. The van der Waals surface area contributed by atoms with Gasteiger partial charge in [0.25, 0.3) is 5.91 Å². The normalized spacial score (nSPS) is 10.4. The number of hydrogen-bond acceptors (Lipinski definition) is 4. The predicted octanol–water partition coefficient (Wildman–Crippen LogP) is 6.41. The minimum atomic E-state index is -0.211. The smallest absolute Gasteiger partial charge is 0.255 e. The van der Waals surface area contributed by atoms with Crippen LogP contribution < -0.4 is 19.5 Å². The van der Waals surface area contributed by atoms with Gasteiger partial charge in [-0.1, -0.05) is 48.0 Å². The zero-order chi connectivity index (χ0) is 23.8. The molecule has 4 aromatic carbocycles. The van der Waals surface area contributed by atoms with Crippen molar-refractivity contribution in [1.82, 2.24) is 0 Å². The van der Waals surface area contributed by atoms with Gasteiger partial charge in [-0.25, -0.2) is 0 Å². The standard InChI is InChI=1S/C29H27NO4/c1-21-8-13-26(14-9-21)34-20-24-18-23(10-17-28(24)32-2)29(31)30-25-11-15-27(16-12-25)33-19-22-6-4-3-5-7-22/h3-18H,19-20H2,1-2H3,(H,30,31). The SMILES string of the molecule is COc1ccc(C(=O)Nc2ccc(OCc3ccccc3)cc2)cc1COc1ccc(C)cc1. The zero-order valence-electron chi connectivity index (χ0n) is 19.3. The summed E-state index contributed by atoms with van der Waals surface area (Å²) in [6.07, 6.45) is 0. The van der Waals surface area contributed by atoms with Crippen LogP contribution in [0.3, 0.4) is 0 Å². The third-order valence-corrected chi connectivity index (χ3v) is 5.32. The number of anilines is 1. The minimum Gasteiger partial charge on any atom is -0.496 e. The first kappa shape index (κ1) is 22.9. The van der Waals surface area contributed by atoms with E-state index >= 15 is 0 Å². The zero-order valence-corrected chi connectivity index (χ0v) is 19.3. The van der Waals surface area contributed by atoms with E-state index < -0.39 is 0 Å². The van der Waals surface area contributed by atoms with Crippen molar-refractivity contribution in [2.45, 2.75) is 20.1 Å². The molecule has 0 atom stereocenters. The van der Waals surface area contributed by atoms with Crippen molar-refractivity contribution in [3.8, 4) is 17.2 Å². The van der Waals surface area contributed by atoms with E-state index in [0.717, 1.165) is 22.6 Å². The molecule has 0 radical (unpaired) electrons. The molecule has 5 heteroatoms. The molecule has 172 valence electrons. The highest BCUT2D eigenvalue weighted by atomic mass is 16.5. The lowest BCUT2D eigenvalue weighted by atomic mass is 10.1. The molecule has 0 saturated carbocycles. The summed E-state index contributed by atoms with van der Waals surface area (Å²) in [7, 11) is 1.60. The lowest BCUT2D eigenvalue weighted by Crippen LogP contribution is -2.13. The van der Waals surface area contributed by atoms with E-state index in [9.17, 15) is 4.79 Å². The Kier molecular flexibility index (Phi) is 7.45. The summed E-state index contributed by atoms with van der Waals surface area (Å²) in [6.45, 7) is 2.81. The van der Waals surface area contributed by atoms with Crippen LogP contribution in [0, 0.1) is 6.92 Å². The van der Waals surface area contributed by atoms with Crippen molar-refractivity contribution >= 4 is 11.6 Å². The second-order valence-corrected chi connectivity index (χ2v) is 7.88. The first-order valence-corrected chi connectivity index (χ1v) is 11.1. The Labute approximate surface area is 199 Å². The fourth-order valence-electron chi connectivity index (χ4n) is 3.41. The molecule has 1 N–H and O–H groups in total. The predicted molar refractivity (Wildman–Crippen MR) is 134 cm³/mol. The van der Waals surface area contributed by atoms with E-state index in [1.807, 2.05) is 85.8 Å². The van der Waals surface area contributed by atoms with Gasteiger partial charge in [-0.15, -0.1) is 0 Å². The van der Waals surface area contributed by atoms with Crippen LogP contribution in [0.15, 0.2) is 97.1 Å². The number of amides is 1. The number of carbonyl (C=O) groups excluding carboxylic acids is 1. The first-order valence-electron chi connectivity index (χ1n) is 11.1. The second-order valence-electron chi connectivity index (χ2n) is 7.88. The summed E-state index contributed by atoms with van der Waals surface area (Å²) in [5.41, 5.74) is 4.26. The summed E-state index contributed by atoms with van der Waals surface area (Å²) in [6, 6.07) is 30.4. The highest BCUT2D eigenvalue weighted by Crippen LogP contribution is 2.24. The van der Waals surface area contributed by atoms with Gasteiger partial charge in [-0.3, -0.25) is 4.79 Å². The Balaban J connectivity index is 1.38. The molecule has 0 aliphatic heterocycles. The molecular formula is C29H27NO4. The maximum Gasteiger partial charge on any atom is 0.255 e. The molecule has 0 aromatic heterocycles. The maximum atomic E-state index is 12.8. The van der Waals surface area contributed by atoms with Crippen molar-refractivity contribution in [3.63, 3.8) is 0 Å². The quantitative estimate of drug-likeness (QED) is 0.318. The number of methoxy groups -OCH3 is 1. The third kappa shape index (κ3) is 6.17. The van der Waals surface area contributed by atoms with Gasteiger partial charge in [-0.2, -0.15) is 0 Å². The summed E-state index contributed by atoms with van der Waals surface area (Å²) >= 11 is 0. The van der Waals surface area contributed by atoms with Crippen LogP contribution in [-0.4, -0.2) is 13.0 Å². The topological polar surface area (TPSA) is 56.8 Å². The van der Waals surface area contributed by atoms with E-state index in [0.29, 0.717) is 30.2 Å². The van der Waals surface area contributed by atoms with Crippen molar-refractivity contribution in [1.29, 1.82) is 0 Å². The molecule has 0 saturated heterocycles. The Morgan fingerprint density at radius 3 is 2.09 bits per heavy atom. The third-order valence-electron chi connectivity index (χ3n) is 5.32. The Morgan fingerprint density at radius 1 is 0.765 bits per heavy atom. The van der Waals surface area contributed by atoms with Gasteiger partial charge in [0.1, 0.15) is 30.5 Å². The van der Waals surface area contributed by atoms with Crippen LogP contribution in [0.4, 0.5) is 5.69 Å². The lowest BCUT2D eigenvalue weighted by molar-refractivity contribution is 0.102. The van der Waals surface area contributed by atoms with Crippen LogP contribution in [0.1, 0.15) is 27.0 Å². The monoisotopic (exact) mass is 453 g/mol. The van der Waals surface area contributed by atoms with Gasteiger partial charge in [0.2, 0.25) is 0 Å². The molecule has 0 unspecified atom stereocenters. The Hall–Kier alpha value is -4.25. The number of hydrogen-bond donors (Lipinski definition) is 1. The molecule has 5 nitrogen and oxygen atoms in total. The van der Waals surface area contributed by atoms with E-state index in [-0.39, 0.29) is 5.91 Å². The Morgan fingerprint density at radius 2 is 1.41 bits per heavy atom. The van der Waals surface area contributed by atoms with E-state index in [4.69, 9.17) is 14.2 Å². The lowest BCUT2D eigenvalue weighted by Gasteiger charge is -2.13. The van der Waals surface area contributed by atoms with Crippen molar-refractivity contribution < 1.29 is 19.0 Å². The highest BCUT2D eigenvalue weighted by Gasteiger charge is 2.12. The molecule has 0 aliphatic carbocycles. The minimum absolute atomic E-state index is 0.211. The number of aryl methyl sites for hydroxylation is 1. The van der Waals surface area contributed by atoms with Gasteiger partial charge >= 0.3 is 0 Å². The molecule has 0 fully saturated rings. The average molecular weight is 454 g/mol. The summed E-state index contributed by atoms with van der Waals surface area (Å²) < 4.78 is 17.1. The fourth-order valence-corrected chi connectivity index (χ4v) is 3.41. The van der Waals surface area contributed by atoms with Gasteiger partial charge in [0, 0.05) is 16.8 Å². The molecular weight excluding hydrogens is 426 g/mol. The maximum absolute atomic E-state index is 12.8. The summed E-state index contributed by atoms with van der Waals surface area (Å²) in [5.74, 6) is 1.96. The van der Waals surface area contributed by atoms with Crippen molar-refractivity contribution in [3.05, 3.63) is 119 Å². The van der Waals surface area contributed by atoms with Gasteiger partial charge in [0.15, 0.2) is 0 Å². The van der Waals surface area contributed by atoms with E-state index in [2.05, 4.69) is 5.32 Å². The average Bonchev–Trinajstić information content (AvgIpc) is 2.88. The molecule has 34 heavy (non-hydrogen) atoms. The number of carbonyl (C=O) groups is 1. The van der Waals surface area contributed by atoms with Gasteiger partial charge in [0.05, 0.1) is 7.11 Å². The molecule has 0 aliphatic rings. The first-order chi connectivity index (χ1) is 16.6. The molecule has 0 heterocycles. The number of benzene rings is 4. The molecule has 0 spiro atoms. The molecule has 4 rings (SSSR count). The Bertz CT molecular complexity index is 1220. The largest absolute Gasteiger partial charge is 0.496 e. The second kappa shape index (κ2) is 11.1. The van der Waals surface area contributed by atoms with Crippen LogP contribution in [-0.2, 0) is 13.2 Å². The van der Waals surface area contributed by atoms with Crippen LogP contribution in [0.25, 0.3) is 0 Å². The fraction of sp³-hybridized carbons (Fsp3) is 0.138. The van der Waals surface area contributed by atoms with Crippen LogP contribution >= 0.6 is 0 Å². The van der Waals surface area contributed by atoms with Gasteiger partial charge in [-0.05, 0) is 67.1 Å². The highest BCUT2D eigenvalue weighted by molar-refractivity contribution is 6.04. The summed E-state index contributed by atoms with van der Waals surface area (Å²) in [5, 5.41) is 2.93. The number of rotatable bonds is 9. The summed E-state index contributed by atoms with van der Waals surface area (Å²) in [4.78, 5) is 12.8. The molecule has 0 bridgehead atoms. The van der Waals surface area contributed by atoms with Crippen LogP contribution in [0.2, 0.25) is 0 Å². The van der Waals surface area contributed by atoms with E-state index in [1.54, 1.807) is 25.3 Å². The van der Waals surface area contributed by atoms with Crippen LogP contribution in [0.5, 0.6) is 17.2 Å². The number of ether oxygens (including phenoxy) is 3. The van der Waals surface area contributed by atoms with Gasteiger partial charge < -0.3 is 19.5 Å². The van der Waals surface area contributed by atoms with Crippen molar-refractivity contribution in [2.75, 3.05) is 12.4 Å². The van der Waals surface area contributed by atoms with Crippen molar-refractivity contribution in [2.24, 2.45) is 0 Å². The molecule has 4 aromatic rings.